The topological polar surface area (TPSA) is 90.9 Å². The lowest BCUT2D eigenvalue weighted by atomic mass is 10.2. The molecule has 1 aromatic rings. The third-order valence-electron chi connectivity index (χ3n) is 3.27. The molecular formula is C17H24NO6P. The largest absolute Gasteiger partial charge is 0.459 e. The number of benzene rings is 1. The molecule has 0 radical (unpaired) electrons. The maximum Gasteiger partial charge on any atom is 0.367 e. The van der Waals surface area contributed by atoms with E-state index in [9.17, 15) is 14.2 Å². The fraction of sp³-hybridized carbons (Fsp3) is 0.412. The van der Waals surface area contributed by atoms with Crippen molar-refractivity contribution in [1.29, 1.82) is 0 Å². The van der Waals surface area contributed by atoms with Crippen molar-refractivity contribution in [2.75, 3.05) is 19.8 Å². The Balaban J connectivity index is 3.26. The highest BCUT2D eigenvalue weighted by Crippen LogP contribution is 2.59. The molecule has 1 unspecified atom stereocenters. The van der Waals surface area contributed by atoms with Crippen molar-refractivity contribution in [2.24, 2.45) is 0 Å². The average molecular weight is 369 g/mol. The van der Waals surface area contributed by atoms with Crippen LogP contribution in [0.5, 0.6) is 0 Å². The van der Waals surface area contributed by atoms with Crippen LogP contribution in [0.4, 0.5) is 0 Å². The molecule has 0 fully saturated rings. The van der Waals surface area contributed by atoms with Crippen molar-refractivity contribution in [3.63, 3.8) is 0 Å². The van der Waals surface area contributed by atoms with E-state index < -0.39 is 24.8 Å². The van der Waals surface area contributed by atoms with Crippen molar-refractivity contribution in [1.82, 2.24) is 5.32 Å². The number of hydrogen-bond acceptors (Lipinski definition) is 6. The lowest BCUT2D eigenvalue weighted by molar-refractivity contribution is -0.146. The molecule has 138 valence electrons. The number of nitrogens with one attached hydrogen (secondary N) is 1. The Hall–Kier alpha value is -1.95. The molecule has 1 amide bonds. The summed E-state index contributed by atoms with van der Waals surface area (Å²) in [6.45, 7) is 7.91. The van der Waals surface area contributed by atoms with Crippen LogP contribution in [0, 0.1) is 0 Å². The quantitative estimate of drug-likeness (QED) is 0.387. The van der Waals surface area contributed by atoms with E-state index in [0.29, 0.717) is 5.56 Å². The zero-order valence-electron chi connectivity index (χ0n) is 14.7. The Labute approximate surface area is 147 Å². The molecule has 0 saturated carbocycles. The highest BCUT2D eigenvalue weighted by Gasteiger charge is 2.56. The minimum Gasteiger partial charge on any atom is -0.459 e. The van der Waals surface area contributed by atoms with E-state index in [1.807, 2.05) is 0 Å². The summed E-state index contributed by atoms with van der Waals surface area (Å²) < 4.78 is 28.8. The first kappa shape index (κ1) is 21.1. The Morgan fingerprint density at radius 1 is 1.20 bits per heavy atom. The molecule has 0 heterocycles. The molecule has 0 aliphatic rings. The summed E-state index contributed by atoms with van der Waals surface area (Å²) in [7, 11) is -4.05. The number of hydrogen-bond donors (Lipinski definition) is 1. The summed E-state index contributed by atoms with van der Waals surface area (Å²) >= 11 is 0. The van der Waals surface area contributed by atoms with E-state index in [0.717, 1.165) is 0 Å². The van der Waals surface area contributed by atoms with Gasteiger partial charge in [0.05, 0.1) is 13.2 Å². The summed E-state index contributed by atoms with van der Waals surface area (Å²) in [5, 5.41) is 0.463. The predicted molar refractivity (Wildman–Crippen MR) is 94.3 cm³/mol. The molecule has 1 atom stereocenters. The first-order chi connectivity index (χ1) is 11.8. The highest BCUT2D eigenvalue weighted by molar-refractivity contribution is 7.56. The van der Waals surface area contributed by atoms with Gasteiger partial charge in [0.2, 0.25) is 5.28 Å². The van der Waals surface area contributed by atoms with Gasteiger partial charge in [0.1, 0.15) is 6.61 Å². The molecule has 0 aromatic heterocycles. The minimum absolute atomic E-state index is 0.0306. The maximum absolute atomic E-state index is 13.2. The summed E-state index contributed by atoms with van der Waals surface area (Å²) in [6.07, 6.45) is 1.36. The van der Waals surface area contributed by atoms with Gasteiger partial charge in [0.25, 0.3) is 5.91 Å². The molecule has 0 spiro atoms. The molecular weight excluding hydrogens is 345 g/mol. The third kappa shape index (κ3) is 5.01. The minimum atomic E-state index is -4.05. The molecule has 0 saturated heterocycles. The van der Waals surface area contributed by atoms with E-state index in [1.165, 1.54) is 13.0 Å². The van der Waals surface area contributed by atoms with Crippen LogP contribution >= 0.6 is 7.60 Å². The molecule has 1 aromatic carbocycles. The maximum atomic E-state index is 13.2. The molecule has 0 aliphatic carbocycles. The smallest absolute Gasteiger partial charge is 0.367 e. The van der Waals surface area contributed by atoms with Gasteiger partial charge < -0.3 is 19.1 Å². The highest BCUT2D eigenvalue weighted by atomic mass is 31.2. The molecule has 1 N–H and O–H groups in total. The Morgan fingerprint density at radius 2 is 1.76 bits per heavy atom. The van der Waals surface area contributed by atoms with Gasteiger partial charge in [-0.15, -0.1) is 0 Å². The average Bonchev–Trinajstić information content (AvgIpc) is 2.60. The molecule has 0 aliphatic heterocycles. The van der Waals surface area contributed by atoms with E-state index in [2.05, 4.69) is 11.9 Å². The van der Waals surface area contributed by atoms with E-state index >= 15 is 0 Å². The number of carbonyl (C=O) groups is 2. The zero-order valence-corrected chi connectivity index (χ0v) is 15.6. The lowest BCUT2D eigenvalue weighted by Crippen LogP contribution is -2.53. The molecule has 7 nitrogen and oxygen atoms in total. The van der Waals surface area contributed by atoms with Crippen LogP contribution in [0.3, 0.4) is 0 Å². The number of carbonyl (C=O) groups excluding carboxylic acids is 2. The monoisotopic (exact) mass is 369 g/mol. The Bertz CT molecular complexity index is 638. The van der Waals surface area contributed by atoms with Crippen LogP contribution in [0.15, 0.2) is 43.0 Å². The van der Waals surface area contributed by atoms with Gasteiger partial charge in [-0.3, -0.25) is 9.36 Å². The molecule has 1 rings (SSSR count). The summed E-state index contributed by atoms with van der Waals surface area (Å²) in [5.41, 5.74) is 0.296. The third-order valence-corrected chi connectivity index (χ3v) is 5.85. The zero-order chi connectivity index (χ0) is 18.9. The van der Waals surface area contributed by atoms with Gasteiger partial charge in [0.15, 0.2) is 0 Å². The second-order valence-corrected chi connectivity index (χ2v) is 7.52. The van der Waals surface area contributed by atoms with Crippen molar-refractivity contribution >= 4 is 19.5 Å². The van der Waals surface area contributed by atoms with Crippen LogP contribution in [0.1, 0.15) is 31.1 Å². The summed E-state index contributed by atoms with van der Waals surface area (Å²) in [5.74, 6) is -1.53. The SMILES string of the molecule is C=CCOC(=O)C(C)(NC(=O)c1ccccc1)P(=O)(OCC)OCC. The number of rotatable bonds is 10. The number of ether oxygens (including phenoxy) is 1. The summed E-state index contributed by atoms with van der Waals surface area (Å²) in [6, 6.07) is 8.23. The van der Waals surface area contributed by atoms with Gasteiger partial charge in [0, 0.05) is 5.56 Å². The number of amides is 1. The van der Waals surface area contributed by atoms with Crippen LogP contribution in [0.2, 0.25) is 0 Å². The van der Waals surface area contributed by atoms with Crippen LogP contribution in [-0.2, 0) is 23.1 Å². The fourth-order valence-corrected chi connectivity index (χ4v) is 3.82. The second-order valence-electron chi connectivity index (χ2n) is 5.11. The van der Waals surface area contributed by atoms with Gasteiger partial charge in [-0.2, -0.15) is 0 Å². The van der Waals surface area contributed by atoms with Gasteiger partial charge in [-0.05, 0) is 32.9 Å². The number of esters is 1. The van der Waals surface area contributed by atoms with Crippen molar-refractivity contribution in [3.05, 3.63) is 48.6 Å². The lowest BCUT2D eigenvalue weighted by Gasteiger charge is -2.34. The van der Waals surface area contributed by atoms with Crippen LogP contribution in [0.25, 0.3) is 0 Å². The van der Waals surface area contributed by atoms with E-state index in [-0.39, 0.29) is 19.8 Å². The second kappa shape index (κ2) is 9.51. The van der Waals surface area contributed by atoms with Crippen molar-refractivity contribution in [2.45, 2.75) is 26.1 Å². The van der Waals surface area contributed by atoms with Crippen molar-refractivity contribution < 1.29 is 27.9 Å². The Kier molecular flexibility index (Phi) is 8.03. The van der Waals surface area contributed by atoms with E-state index in [4.69, 9.17) is 13.8 Å². The van der Waals surface area contributed by atoms with Crippen LogP contribution < -0.4 is 5.32 Å². The first-order valence-electron chi connectivity index (χ1n) is 7.89. The Morgan fingerprint density at radius 3 is 2.24 bits per heavy atom. The normalized spacial score (nSPS) is 13.6. The van der Waals surface area contributed by atoms with Crippen LogP contribution in [-0.4, -0.2) is 37.0 Å². The van der Waals surface area contributed by atoms with E-state index in [1.54, 1.807) is 44.2 Å². The summed E-state index contributed by atoms with van der Waals surface area (Å²) in [4.78, 5) is 25.1. The predicted octanol–water partition coefficient (Wildman–Crippen LogP) is 3.13. The first-order valence-corrected chi connectivity index (χ1v) is 9.43. The van der Waals surface area contributed by atoms with Crippen molar-refractivity contribution in [3.8, 4) is 0 Å². The fourth-order valence-electron chi connectivity index (χ4n) is 2.02. The molecule has 25 heavy (non-hydrogen) atoms. The van der Waals surface area contributed by atoms with Gasteiger partial charge in [-0.25, -0.2) is 4.79 Å². The molecule has 0 bridgehead atoms. The van der Waals surface area contributed by atoms with Gasteiger partial charge >= 0.3 is 13.6 Å². The standard InChI is InChI=1S/C17H24NO6P/c1-5-13-22-16(20)17(4,25(21,23-6-2)24-7-3)18-15(19)14-11-9-8-10-12-14/h5,8-12H,1,6-7,13H2,2-4H3,(H,18,19). The molecule has 8 heteroatoms. The van der Waals surface area contributed by atoms with Gasteiger partial charge in [-0.1, -0.05) is 30.9 Å².